The number of aryl methyl sites for hydroxylation is 2. The van der Waals surface area contributed by atoms with Crippen molar-refractivity contribution in [3.05, 3.63) is 23.1 Å². The third-order valence-electron chi connectivity index (χ3n) is 3.08. The van der Waals surface area contributed by atoms with E-state index in [1.807, 2.05) is 46.3 Å². The van der Waals surface area contributed by atoms with Crippen molar-refractivity contribution in [3.63, 3.8) is 0 Å². The minimum atomic E-state index is -0.275. The summed E-state index contributed by atoms with van der Waals surface area (Å²) in [6.45, 7) is 9.75. The van der Waals surface area contributed by atoms with Gasteiger partial charge in [-0.15, -0.1) is 0 Å². The third kappa shape index (κ3) is 2.74. The van der Waals surface area contributed by atoms with E-state index in [0.29, 0.717) is 5.69 Å². The van der Waals surface area contributed by atoms with Crippen molar-refractivity contribution in [2.24, 2.45) is 7.05 Å². The highest BCUT2D eigenvalue weighted by atomic mass is 16.2. The van der Waals surface area contributed by atoms with E-state index >= 15 is 0 Å². The smallest absolute Gasteiger partial charge is 0.269 e. The van der Waals surface area contributed by atoms with Crippen LogP contribution in [0.1, 0.15) is 42.6 Å². The number of hydrogen-bond acceptors (Lipinski definition) is 3. The molecule has 20 heavy (non-hydrogen) atoms. The maximum absolute atomic E-state index is 12.1. The Morgan fingerprint density at radius 1 is 1.35 bits per heavy atom. The van der Waals surface area contributed by atoms with Crippen LogP contribution >= 0.6 is 0 Å². The second-order valence-electron chi connectivity index (χ2n) is 6.04. The van der Waals surface area contributed by atoms with E-state index in [2.05, 4.69) is 20.6 Å². The van der Waals surface area contributed by atoms with Gasteiger partial charge in [0, 0.05) is 23.8 Å². The van der Waals surface area contributed by atoms with Crippen LogP contribution in [0.25, 0.3) is 11.3 Å². The molecular weight excluding hydrogens is 254 g/mol. The van der Waals surface area contributed by atoms with Gasteiger partial charge in [0.1, 0.15) is 5.69 Å². The number of carbonyl (C=O) groups is 1. The zero-order valence-corrected chi connectivity index (χ0v) is 12.8. The summed E-state index contributed by atoms with van der Waals surface area (Å²) >= 11 is 0. The standard InChI is InChI=1S/C14H21N5O/c1-8-12(9(2)19(6)18-8)10-7-11(17-16-10)13(20)15-14(3,4)5/h7H,1-6H3,(H,15,20)(H,16,17). The lowest BCUT2D eigenvalue weighted by molar-refractivity contribution is 0.0914. The van der Waals surface area contributed by atoms with Crippen molar-refractivity contribution in [1.29, 1.82) is 0 Å². The SMILES string of the molecule is Cc1nn(C)c(C)c1-c1cc(C(=O)NC(C)(C)C)[nH]n1. The molecule has 2 aromatic heterocycles. The summed E-state index contributed by atoms with van der Waals surface area (Å²) in [5.41, 5.74) is 3.82. The Hall–Kier alpha value is -2.11. The van der Waals surface area contributed by atoms with Crippen molar-refractivity contribution in [2.75, 3.05) is 0 Å². The average molecular weight is 275 g/mol. The maximum atomic E-state index is 12.1. The van der Waals surface area contributed by atoms with Gasteiger partial charge in [-0.3, -0.25) is 14.6 Å². The monoisotopic (exact) mass is 275 g/mol. The Balaban J connectivity index is 2.32. The summed E-state index contributed by atoms with van der Waals surface area (Å²) in [6, 6.07) is 1.76. The fourth-order valence-corrected chi connectivity index (χ4v) is 2.12. The fraction of sp³-hybridized carbons (Fsp3) is 0.500. The van der Waals surface area contributed by atoms with E-state index in [1.54, 1.807) is 6.07 Å². The molecule has 1 amide bonds. The average Bonchev–Trinajstić information content (AvgIpc) is 2.83. The first-order chi connectivity index (χ1) is 9.19. The molecule has 108 valence electrons. The van der Waals surface area contributed by atoms with Crippen molar-refractivity contribution >= 4 is 5.91 Å². The number of hydrogen-bond donors (Lipinski definition) is 2. The van der Waals surface area contributed by atoms with Crippen LogP contribution in [0.4, 0.5) is 0 Å². The number of aromatic amines is 1. The largest absolute Gasteiger partial charge is 0.346 e. The molecule has 0 atom stereocenters. The van der Waals surface area contributed by atoms with Gasteiger partial charge in [0.15, 0.2) is 0 Å². The normalized spacial score (nSPS) is 11.7. The molecule has 0 aliphatic heterocycles. The Bertz CT molecular complexity index is 645. The van der Waals surface area contributed by atoms with Gasteiger partial charge >= 0.3 is 0 Å². The number of rotatable bonds is 2. The molecule has 2 rings (SSSR count). The highest BCUT2D eigenvalue weighted by Gasteiger charge is 2.19. The highest BCUT2D eigenvalue weighted by Crippen LogP contribution is 2.25. The Labute approximate surface area is 118 Å². The molecule has 0 bridgehead atoms. The molecule has 2 aromatic rings. The third-order valence-corrected chi connectivity index (χ3v) is 3.08. The predicted octanol–water partition coefficient (Wildman–Crippen LogP) is 1.96. The van der Waals surface area contributed by atoms with E-state index < -0.39 is 0 Å². The molecule has 0 saturated carbocycles. The van der Waals surface area contributed by atoms with E-state index in [1.165, 1.54) is 0 Å². The second kappa shape index (κ2) is 4.77. The minimum Gasteiger partial charge on any atom is -0.346 e. The number of H-pyrrole nitrogens is 1. The molecule has 0 unspecified atom stereocenters. The molecule has 0 saturated heterocycles. The zero-order chi connectivity index (χ0) is 15.1. The molecule has 2 N–H and O–H groups in total. The second-order valence-corrected chi connectivity index (χ2v) is 6.04. The highest BCUT2D eigenvalue weighted by molar-refractivity contribution is 5.93. The van der Waals surface area contributed by atoms with Gasteiger partial charge in [0.05, 0.1) is 11.4 Å². The van der Waals surface area contributed by atoms with Gasteiger partial charge in [0.25, 0.3) is 5.91 Å². The lowest BCUT2D eigenvalue weighted by Gasteiger charge is -2.19. The Morgan fingerprint density at radius 2 is 2.00 bits per heavy atom. The number of amides is 1. The molecule has 2 heterocycles. The van der Waals surface area contributed by atoms with Crippen LogP contribution in [-0.4, -0.2) is 31.4 Å². The summed E-state index contributed by atoms with van der Waals surface area (Å²) < 4.78 is 1.81. The predicted molar refractivity (Wildman–Crippen MR) is 77.5 cm³/mol. The molecule has 0 radical (unpaired) electrons. The first kappa shape index (κ1) is 14.3. The Morgan fingerprint density at radius 3 is 2.50 bits per heavy atom. The van der Waals surface area contributed by atoms with Crippen molar-refractivity contribution in [1.82, 2.24) is 25.3 Å². The lowest BCUT2D eigenvalue weighted by atomic mass is 10.1. The van der Waals surface area contributed by atoms with Crippen LogP contribution in [0.15, 0.2) is 6.07 Å². The maximum Gasteiger partial charge on any atom is 0.269 e. The van der Waals surface area contributed by atoms with E-state index in [0.717, 1.165) is 22.6 Å². The van der Waals surface area contributed by atoms with Gasteiger partial charge in [-0.25, -0.2) is 0 Å². The van der Waals surface area contributed by atoms with Gasteiger partial charge in [-0.1, -0.05) is 0 Å². The van der Waals surface area contributed by atoms with Crippen molar-refractivity contribution in [2.45, 2.75) is 40.2 Å². The summed E-state index contributed by atoms with van der Waals surface area (Å²) in [4.78, 5) is 12.1. The van der Waals surface area contributed by atoms with Gasteiger partial charge in [-0.05, 0) is 40.7 Å². The van der Waals surface area contributed by atoms with Gasteiger partial charge in [-0.2, -0.15) is 10.2 Å². The fourth-order valence-electron chi connectivity index (χ4n) is 2.12. The molecular formula is C14H21N5O. The van der Waals surface area contributed by atoms with Crippen LogP contribution in [0.5, 0.6) is 0 Å². The van der Waals surface area contributed by atoms with E-state index in [9.17, 15) is 4.79 Å². The number of aromatic nitrogens is 4. The van der Waals surface area contributed by atoms with Crippen LogP contribution in [0.2, 0.25) is 0 Å². The molecule has 0 aliphatic carbocycles. The zero-order valence-electron chi connectivity index (χ0n) is 12.8. The Kier molecular flexibility index (Phi) is 3.41. The molecule has 0 aromatic carbocycles. The van der Waals surface area contributed by atoms with Crippen LogP contribution in [-0.2, 0) is 7.05 Å². The summed E-state index contributed by atoms with van der Waals surface area (Å²) in [5, 5.41) is 14.3. The van der Waals surface area contributed by atoms with E-state index in [4.69, 9.17) is 0 Å². The van der Waals surface area contributed by atoms with Crippen LogP contribution in [0, 0.1) is 13.8 Å². The topological polar surface area (TPSA) is 75.6 Å². The molecule has 6 nitrogen and oxygen atoms in total. The first-order valence-electron chi connectivity index (χ1n) is 6.57. The van der Waals surface area contributed by atoms with Crippen molar-refractivity contribution in [3.8, 4) is 11.3 Å². The molecule has 0 fully saturated rings. The number of carbonyl (C=O) groups excluding carboxylic acids is 1. The molecule has 0 spiro atoms. The summed E-state index contributed by atoms with van der Waals surface area (Å²) in [7, 11) is 1.89. The molecule has 0 aliphatic rings. The van der Waals surface area contributed by atoms with E-state index in [-0.39, 0.29) is 11.4 Å². The quantitative estimate of drug-likeness (QED) is 0.879. The minimum absolute atomic E-state index is 0.157. The number of nitrogens with zero attached hydrogens (tertiary/aromatic N) is 3. The van der Waals surface area contributed by atoms with Gasteiger partial charge in [0.2, 0.25) is 0 Å². The molecule has 6 heteroatoms. The van der Waals surface area contributed by atoms with Gasteiger partial charge < -0.3 is 5.32 Å². The summed E-state index contributed by atoms with van der Waals surface area (Å²) in [6.07, 6.45) is 0. The number of nitrogens with one attached hydrogen (secondary N) is 2. The van der Waals surface area contributed by atoms with Crippen LogP contribution < -0.4 is 5.32 Å². The first-order valence-corrected chi connectivity index (χ1v) is 6.57. The van der Waals surface area contributed by atoms with Crippen LogP contribution in [0.3, 0.4) is 0 Å². The summed E-state index contributed by atoms with van der Waals surface area (Å²) in [5.74, 6) is -0.157. The van der Waals surface area contributed by atoms with Crippen molar-refractivity contribution < 1.29 is 4.79 Å². The lowest BCUT2D eigenvalue weighted by Crippen LogP contribution is -2.40.